The van der Waals surface area contributed by atoms with Crippen LogP contribution >= 0.6 is 11.3 Å². The third kappa shape index (κ3) is 4.54. The molecule has 3 rings (SSSR count). The first kappa shape index (κ1) is 19.1. The average molecular weight is 397 g/mol. The van der Waals surface area contributed by atoms with E-state index in [-0.39, 0.29) is 11.3 Å². The zero-order valence-electron chi connectivity index (χ0n) is 14.7. The number of aromatic nitrogens is 2. The Morgan fingerprint density at radius 1 is 1.07 bits per heavy atom. The Labute approximate surface area is 163 Å². The molecule has 2 N–H and O–H groups in total. The fourth-order valence-corrected chi connectivity index (χ4v) is 3.02. The van der Waals surface area contributed by atoms with Crippen LogP contribution in [0.1, 0.15) is 17.3 Å². The van der Waals surface area contributed by atoms with Crippen molar-refractivity contribution >= 4 is 34.0 Å². The number of anilines is 1. The van der Waals surface area contributed by atoms with Gasteiger partial charge in [-0.3, -0.25) is 25.0 Å². The highest BCUT2D eigenvalue weighted by molar-refractivity contribution is 7.18. The molecule has 1 unspecified atom stereocenters. The van der Waals surface area contributed by atoms with Gasteiger partial charge in [-0.25, -0.2) is 0 Å². The van der Waals surface area contributed by atoms with E-state index in [1.807, 2.05) is 30.3 Å². The first-order chi connectivity index (χ1) is 13.4. The number of nitrogens with one attached hydrogen (secondary N) is 2. The van der Waals surface area contributed by atoms with Crippen molar-refractivity contribution in [2.75, 3.05) is 5.32 Å². The van der Waals surface area contributed by atoms with Gasteiger partial charge in [0, 0.05) is 23.3 Å². The minimum Gasteiger partial charge on any atom is -0.341 e. The Hall–Kier alpha value is -3.66. The van der Waals surface area contributed by atoms with Gasteiger partial charge in [-0.1, -0.05) is 41.7 Å². The Bertz CT molecular complexity index is 1000. The van der Waals surface area contributed by atoms with Crippen molar-refractivity contribution in [1.29, 1.82) is 0 Å². The van der Waals surface area contributed by atoms with Crippen molar-refractivity contribution < 1.29 is 14.5 Å². The first-order valence-electron chi connectivity index (χ1n) is 8.19. The van der Waals surface area contributed by atoms with Gasteiger partial charge in [0.25, 0.3) is 11.6 Å². The van der Waals surface area contributed by atoms with Crippen LogP contribution in [-0.2, 0) is 4.79 Å². The van der Waals surface area contributed by atoms with Gasteiger partial charge >= 0.3 is 0 Å². The molecule has 3 aromatic rings. The summed E-state index contributed by atoms with van der Waals surface area (Å²) in [7, 11) is 0. The Morgan fingerprint density at radius 3 is 2.39 bits per heavy atom. The first-order valence-corrected chi connectivity index (χ1v) is 9.01. The van der Waals surface area contributed by atoms with Crippen LogP contribution in [0.3, 0.4) is 0 Å². The maximum absolute atomic E-state index is 12.3. The van der Waals surface area contributed by atoms with Crippen LogP contribution in [0.15, 0.2) is 54.6 Å². The molecule has 142 valence electrons. The molecule has 0 radical (unpaired) electrons. The highest BCUT2D eigenvalue weighted by Gasteiger charge is 2.19. The summed E-state index contributed by atoms with van der Waals surface area (Å²) in [5.74, 6) is -0.967. The van der Waals surface area contributed by atoms with E-state index >= 15 is 0 Å². The second kappa shape index (κ2) is 8.35. The quantitative estimate of drug-likeness (QED) is 0.486. The SMILES string of the molecule is CC(NC(=O)c1ccc([N+](=O)[O-])cc1)C(=O)Nc1nnc(-c2ccccc2)s1. The fourth-order valence-electron chi connectivity index (χ4n) is 2.26. The molecule has 0 spiro atoms. The van der Waals surface area contributed by atoms with Gasteiger partial charge in [-0.05, 0) is 19.1 Å². The van der Waals surface area contributed by atoms with E-state index in [2.05, 4.69) is 20.8 Å². The molecular formula is C18H15N5O4S. The van der Waals surface area contributed by atoms with Crippen molar-refractivity contribution in [3.8, 4) is 10.6 Å². The molecule has 0 aliphatic carbocycles. The lowest BCUT2D eigenvalue weighted by molar-refractivity contribution is -0.384. The lowest BCUT2D eigenvalue weighted by atomic mass is 10.2. The maximum atomic E-state index is 12.3. The molecule has 0 saturated carbocycles. The number of amides is 2. The summed E-state index contributed by atoms with van der Waals surface area (Å²) in [6.07, 6.45) is 0. The summed E-state index contributed by atoms with van der Waals surface area (Å²) in [5.41, 5.74) is 0.986. The van der Waals surface area contributed by atoms with Crippen molar-refractivity contribution in [3.63, 3.8) is 0 Å². The van der Waals surface area contributed by atoms with Crippen LogP contribution in [0.2, 0.25) is 0 Å². The molecule has 0 aliphatic heterocycles. The number of nitrogens with zero attached hydrogens (tertiary/aromatic N) is 3. The predicted octanol–water partition coefficient (Wildman–Crippen LogP) is 2.87. The number of benzene rings is 2. The van der Waals surface area contributed by atoms with E-state index in [4.69, 9.17) is 0 Å². The van der Waals surface area contributed by atoms with Crippen molar-refractivity contribution in [1.82, 2.24) is 15.5 Å². The summed E-state index contributed by atoms with van der Waals surface area (Å²) < 4.78 is 0. The lowest BCUT2D eigenvalue weighted by Crippen LogP contribution is -2.41. The highest BCUT2D eigenvalue weighted by Crippen LogP contribution is 2.25. The molecule has 9 nitrogen and oxygen atoms in total. The number of non-ortho nitro benzene ring substituents is 1. The van der Waals surface area contributed by atoms with Crippen molar-refractivity contribution in [2.24, 2.45) is 0 Å². The van der Waals surface area contributed by atoms with Gasteiger partial charge in [-0.2, -0.15) is 0 Å². The number of nitro groups is 1. The van der Waals surface area contributed by atoms with Gasteiger partial charge in [0.1, 0.15) is 11.0 Å². The number of carbonyl (C=O) groups excluding carboxylic acids is 2. The minimum absolute atomic E-state index is 0.118. The largest absolute Gasteiger partial charge is 0.341 e. The van der Waals surface area contributed by atoms with E-state index < -0.39 is 22.8 Å². The summed E-state index contributed by atoms with van der Waals surface area (Å²) in [5, 5.41) is 24.8. The minimum atomic E-state index is -0.841. The standard InChI is InChI=1S/C18H15N5O4S/c1-11(19-16(25)12-7-9-14(10-8-12)23(26)27)15(24)20-18-22-21-17(28-18)13-5-3-2-4-6-13/h2-11H,1H3,(H,19,25)(H,20,22,24). The molecule has 2 aromatic carbocycles. The van der Waals surface area contributed by atoms with Crippen LogP contribution in [0, 0.1) is 10.1 Å². The smallest absolute Gasteiger partial charge is 0.269 e. The Morgan fingerprint density at radius 2 is 1.75 bits per heavy atom. The molecule has 0 bridgehead atoms. The summed E-state index contributed by atoms with van der Waals surface area (Å²) >= 11 is 1.22. The van der Waals surface area contributed by atoms with E-state index in [0.29, 0.717) is 10.1 Å². The monoisotopic (exact) mass is 397 g/mol. The summed E-state index contributed by atoms with van der Waals surface area (Å²) in [6.45, 7) is 1.53. The van der Waals surface area contributed by atoms with Gasteiger partial charge in [-0.15, -0.1) is 10.2 Å². The Kier molecular flexibility index (Phi) is 5.70. The van der Waals surface area contributed by atoms with Gasteiger partial charge < -0.3 is 5.32 Å². The number of hydrogen-bond donors (Lipinski definition) is 2. The normalized spacial score (nSPS) is 11.5. The van der Waals surface area contributed by atoms with Crippen LogP contribution < -0.4 is 10.6 Å². The van der Waals surface area contributed by atoms with E-state index in [0.717, 1.165) is 5.56 Å². The number of rotatable bonds is 6. The number of carbonyl (C=O) groups is 2. The summed E-state index contributed by atoms with van der Waals surface area (Å²) in [6, 6.07) is 13.7. The fraction of sp³-hybridized carbons (Fsp3) is 0.111. The van der Waals surface area contributed by atoms with Crippen LogP contribution in [-0.4, -0.2) is 33.0 Å². The van der Waals surface area contributed by atoms with Gasteiger partial charge in [0.15, 0.2) is 0 Å². The summed E-state index contributed by atoms with van der Waals surface area (Å²) in [4.78, 5) is 34.6. The topological polar surface area (TPSA) is 127 Å². The lowest BCUT2D eigenvalue weighted by Gasteiger charge is -2.12. The van der Waals surface area contributed by atoms with Gasteiger partial charge in [0.05, 0.1) is 4.92 Å². The van der Waals surface area contributed by atoms with E-state index in [1.165, 1.54) is 42.5 Å². The second-order valence-corrected chi connectivity index (χ2v) is 6.74. The molecule has 0 saturated heterocycles. The van der Waals surface area contributed by atoms with Crippen LogP contribution in [0.5, 0.6) is 0 Å². The molecule has 10 heteroatoms. The molecule has 1 heterocycles. The molecular weight excluding hydrogens is 382 g/mol. The average Bonchev–Trinajstić information content (AvgIpc) is 3.17. The number of hydrogen-bond acceptors (Lipinski definition) is 7. The third-order valence-electron chi connectivity index (χ3n) is 3.76. The molecule has 1 atom stereocenters. The highest BCUT2D eigenvalue weighted by atomic mass is 32.1. The molecule has 0 fully saturated rings. The molecule has 0 aliphatic rings. The maximum Gasteiger partial charge on any atom is 0.269 e. The number of nitro benzene ring substituents is 1. The zero-order chi connectivity index (χ0) is 20.1. The van der Waals surface area contributed by atoms with Gasteiger partial charge in [0.2, 0.25) is 11.0 Å². The van der Waals surface area contributed by atoms with E-state index in [1.54, 1.807) is 0 Å². The van der Waals surface area contributed by atoms with Crippen LogP contribution in [0.4, 0.5) is 10.8 Å². The van der Waals surface area contributed by atoms with E-state index in [9.17, 15) is 19.7 Å². The third-order valence-corrected chi connectivity index (χ3v) is 4.64. The molecule has 2 amide bonds. The van der Waals surface area contributed by atoms with Crippen molar-refractivity contribution in [3.05, 3.63) is 70.3 Å². The van der Waals surface area contributed by atoms with Crippen molar-refractivity contribution in [2.45, 2.75) is 13.0 Å². The molecule has 28 heavy (non-hydrogen) atoms. The predicted molar refractivity (Wildman–Crippen MR) is 104 cm³/mol. The molecule has 1 aromatic heterocycles. The van der Waals surface area contributed by atoms with Crippen LogP contribution in [0.25, 0.3) is 10.6 Å². The second-order valence-electron chi connectivity index (χ2n) is 5.77. The Balaban J connectivity index is 1.59. The zero-order valence-corrected chi connectivity index (χ0v) is 15.5.